The molecule has 2 aliphatic rings. The molecule has 2 fully saturated rings. The second-order valence-corrected chi connectivity index (χ2v) is 14.4. The average molecular weight is 735 g/mol. The van der Waals surface area contributed by atoms with E-state index in [-0.39, 0.29) is 56.2 Å². The topological polar surface area (TPSA) is 101 Å². The van der Waals surface area contributed by atoms with E-state index in [0.717, 1.165) is 76.1 Å². The van der Waals surface area contributed by atoms with Gasteiger partial charge < -0.3 is 30.7 Å². The second-order valence-electron chi connectivity index (χ2n) is 12.5. The number of anilines is 2. The van der Waals surface area contributed by atoms with Crippen molar-refractivity contribution in [2.24, 2.45) is 0 Å². The maximum Gasteiger partial charge on any atom is 0.416 e. The number of piperidine rings is 2. The summed E-state index contributed by atoms with van der Waals surface area (Å²) >= 11 is 0. The monoisotopic (exact) mass is 734 g/mol. The number of halogens is 6. The van der Waals surface area contributed by atoms with Crippen molar-refractivity contribution in [3.63, 3.8) is 0 Å². The fourth-order valence-electron chi connectivity index (χ4n) is 6.00. The predicted molar refractivity (Wildman–Crippen MR) is 180 cm³/mol. The van der Waals surface area contributed by atoms with Crippen LogP contribution in [0.4, 0.5) is 37.7 Å². The molecule has 15 heteroatoms. The smallest absolute Gasteiger partial charge is 0.416 e. The van der Waals surface area contributed by atoms with E-state index >= 15 is 0 Å². The van der Waals surface area contributed by atoms with Gasteiger partial charge in [0.15, 0.2) is 0 Å². The molecule has 0 amide bonds. The molecular formula is C36H36F6N4O4S. The predicted octanol–water partition coefficient (Wildman–Crippen LogP) is 8.47. The van der Waals surface area contributed by atoms with Crippen molar-refractivity contribution in [1.82, 2.24) is 10.6 Å². The van der Waals surface area contributed by atoms with Crippen LogP contribution in [-0.2, 0) is 22.2 Å². The summed E-state index contributed by atoms with van der Waals surface area (Å²) in [6.07, 6.45) is -6.20. The molecule has 2 saturated heterocycles. The van der Waals surface area contributed by atoms with E-state index in [2.05, 4.69) is 21.3 Å². The number of ether oxygens (including phenoxy) is 2. The van der Waals surface area contributed by atoms with Crippen LogP contribution < -0.4 is 30.7 Å². The fraction of sp³-hybridized carbons (Fsp3) is 0.333. The van der Waals surface area contributed by atoms with Crippen LogP contribution in [0.25, 0.3) is 0 Å². The number of benzene rings is 4. The number of hydrogen-bond acceptors (Lipinski definition) is 8. The molecule has 4 aromatic rings. The standard InChI is InChI=1S/C36H36F6N4O4S/c37-35(38,39)23-17-27(45-25-9-13-43-14-10-25)21-31(19-23)49-29-1-5-33(6-2-29)51(47,48)34-7-3-30(4-8-34)50-32-20-24(36(40,41)42)18-28(22-32)46-26-11-15-44-16-12-26/h1-8,17-22,25-26,43-46H,9-16H2. The molecule has 51 heavy (non-hydrogen) atoms. The van der Waals surface area contributed by atoms with Gasteiger partial charge in [-0.25, -0.2) is 8.42 Å². The first-order valence-electron chi connectivity index (χ1n) is 16.4. The quantitative estimate of drug-likeness (QED) is 0.121. The normalized spacial score (nSPS) is 16.4. The Hall–Kier alpha value is -4.47. The van der Waals surface area contributed by atoms with Gasteiger partial charge in [0.1, 0.15) is 23.0 Å². The first kappa shape index (κ1) is 36.3. The molecule has 0 unspecified atom stereocenters. The van der Waals surface area contributed by atoms with Gasteiger partial charge in [-0.2, -0.15) is 26.3 Å². The van der Waals surface area contributed by atoms with Crippen molar-refractivity contribution in [3.05, 3.63) is 96.1 Å². The van der Waals surface area contributed by atoms with E-state index in [4.69, 9.17) is 9.47 Å². The van der Waals surface area contributed by atoms with Gasteiger partial charge in [-0.05, 0) is 125 Å². The zero-order chi connectivity index (χ0) is 36.2. The zero-order valence-corrected chi connectivity index (χ0v) is 28.0. The minimum absolute atomic E-state index is 0.00696. The lowest BCUT2D eigenvalue weighted by Crippen LogP contribution is -2.35. The van der Waals surface area contributed by atoms with Gasteiger partial charge in [-0.1, -0.05) is 0 Å². The van der Waals surface area contributed by atoms with Crippen molar-refractivity contribution in [2.75, 3.05) is 36.8 Å². The van der Waals surface area contributed by atoms with E-state index in [1.807, 2.05) is 0 Å². The van der Waals surface area contributed by atoms with Crippen LogP contribution in [0.15, 0.2) is 94.7 Å². The molecule has 0 aromatic heterocycles. The Balaban J connectivity index is 1.15. The lowest BCUT2D eigenvalue weighted by atomic mass is 10.1. The lowest BCUT2D eigenvalue weighted by molar-refractivity contribution is -0.138. The van der Waals surface area contributed by atoms with Crippen LogP contribution in [0.3, 0.4) is 0 Å². The van der Waals surface area contributed by atoms with Crippen LogP contribution in [0, 0.1) is 0 Å². The summed E-state index contributed by atoms with van der Waals surface area (Å²) in [5.41, 5.74) is -1.24. The largest absolute Gasteiger partial charge is 0.457 e. The number of alkyl halides is 6. The van der Waals surface area contributed by atoms with Gasteiger partial charge in [-0.3, -0.25) is 0 Å². The third-order valence-corrected chi connectivity index (χ3v) is 10.4. The van der Waals surface area contributed by atoms with Gasteiger partial charge in [0, 0.05) is 35.6 Å². The number of hydrogen-bond donors (Lipinski definition) is 4. The van der Waals surface area contributed by atoms with Gasteiger partial charge in [0.2, 0.25) is 9.84 Å². The van der Waals surface area contributed by atoms with Crippen molar-refractivity contribution in [1.29, 1.82) is 0 Å². The van der Waals surface area contributed by atoms with E-state index < -0.39 is 33.3 Å². The molecule has 2 heterocycles. The first-order chi connectivity index (χ1) is 24.2. The van der Waals surface area contributed by atoms with Crippen molar-refractivity contribution in [2.45, 2.75) is 59.9 Å². The summed E-state index contributed by atoms with van der Waals surface area (Å²) in [5, 5.41) is 12.7. The molecule has 0 bridgehead atoms. The Bertz CT molecular complexity index is 1780. The van der Waals surface area contributed by atoms with Crippen molar-refractivity contribution in [3.8, 4) is 23.0 Å². The molecule has 0 saturated carbocycles. The van der Waals surface area contributed by atoms with Crippen LogP contribution in [-0.4, -0.2) is 46.7 Å². The summed E-state index contributed by atoms with van der Waals surface area (Å²) in [6.45, 7) is 3.02. The van der Waals surface area contributed by atoms with Gasteiger partial charge in [0.05, 0.1) is 20.9 Å². The summed E-state index contributed by atoms with van der Waals surface area (Å²) in [6, 6.07) is 17.2. The molecule has 4 N–H and O–H groups in total. The highest BCUT2D eigenvalue weighted by molar-refractivity contribution is 7.91. The maximum absolute atomic E-state index is 13.7. The first-order valence-corrected chi connectivity index (χ1v) is 17.9. The van der Waals surface area contributed by atoms with Crippen LogP contribution in [0.5, 0.6) is 23.0 Å². The molecular weight excluding hydrogens is 698 g/mol. The van der Waals surface area contributed by atoms with E-state index in [1.165, 1.54) is 60.7 Å². The van der Waals surface area contributed by atoms with E-state index in [0.29, 0.717) is 0 Å². The van der Waals surface area contributed by atoms with Crippen molar-refractivity contribution >= 4 is 21.2 Å². The fourth-order valence-corrected chi connectivity index (χ4v) is 7.26. The average Bonchev–Trinajstić information content (AvgIpc) is 3.09. The Labute approximate surface area is 291 Å². The molecule has 272 valence electrons. The molecule has 0 atom stereocenters. The van der Waals surface area contributed by atoms with E-state index in [9.17, 15) is 34.8 Å². The molecule has 8 nitrogen and oxygen atoms in total. The lowest BCUT2D eigenvalue weighted by Gasteiger charge is -2.25. The van der Waals surface area contributed by atoms with Crippen molar-refractivity contribution < 1.29 is 44.2 Å². The Morgan fingerprint density at radius 2 is 0.882 bits per heavy atom. The molecule has 0 aliphatic carbocycles. The molecule has 6 rings (SSSR count). The third kappa shape index (κ3) is 9.45. The highest BCUT2D eigenvalue weighted by atomic mass is 32.2. The molecule has 0 radical (unpaired) electrons. The molecule has 4 aromatic carbocycles. The van der Waals surface area contributed by atoms with Crippen LogP contribution in [0.1, 0.15) is 36.8 Å². The summed E-state index contributed by atoms with van der Waals surface area (Å²) < 4.78 is 120. The zero-order valence-electron chi connectivity index (χ0n) is 27.2. The SMILES string of the molecule is O=S(=O)(c1ccc(Oc2cc(NC3CCNCC3)cc(C(F)(F)F)c2)cc1)c1ccc(Oc2cc(NC3CCNCC3)cc(C(F)(F)F)c2)cc1. The van der Waals surface area contributed by atoms with E-state index in [1.54, 1.807) is 0 Å². The van der Waals surface area contributed by atoms with Gasteiger partial charge in [-0.15, -0.1) is 0 Å². The second kappa shape index (κ2) is 15.0. The minimum atomic E-state index is -4.61. The van der Waals surface area contributed by atoms with Crippen LogP contribution >= 0.6 is 0 Å². The third-order valence-electron chi connectivity index (χ3n) is 8.63. The number of rotatable bonds is 10. The summed E-state index contributed by atoms with van der Waals surface area (Å²) in [4.78, 5) is -0.209. The van der Waals surface area contributed by atoms with Gasteiger partial charge >= 0.3 is 12.4 Å². The van der Waals surface area contributed by atoms with Crippen LogP contribution in [0.2, 0.25) is 0 Å². The summed E-state index contributed by atoms with van der Waals surface area (Å²) in [5.74, 6) is 0.115. The highest BCUT2D eigenvalue weighted by Gasteiger charge is 2.33. The maximum atomic E-state index is 13.7. The highest BCUT2D eigenvalue weighted by Crippen LogP contribution is 2.38. The number of sulfone groups is 1. The Morgan fingerprint density at radius 3 is 1.22 bits per heavy atom. The Kier molecular flexibility index (Phi) is 10.7. The number of nitrogens with one attached hydrogen (secondary N) is 4. The summed E-state index contributed by atoms with van der Waals surface area (Å²) in [7, 11) is -4.06. The molecule has 0 spiro atoms. The molecule has 2 aliphatic heterocycles. The minimum Gasteiger partial charge on any atom is -0.457 e. The Morgan fingerprint density at radius 1 is 0.529 bits per heavy atom. The van der Waals surface area contributed by atoms with Gasteiger partial charge in [0.25, 0.3) is 0 Å².